The summed E-state index contributed by atoms with van der Waals surface area (Å²) in [6.07, 6.45) is -0.0956. The SMILES string of the molecule is COC(=O)C1CC(O)CN1CCOc1ccccc1OC. The van der Waals surface area contributed by atoms with Crippen molar-refractivity contribution in [2.24, 2.45) is 0 Å². The standard InChI is InChI=1S/C15H21NO5/c1-19-13-5-3-4-6-14(13)21-8-7-16-10-11(17)9-12(16)15(18)20-2/h3-6,11-12,17H,7-10H2,1-2H3. The van der Waals surface area contributed by atoms with Crippen molar-refractivity contribution in [2.75, 3.05) is 33.9 Å². The van der Waals surface area contributed by atoms with Crippen molar-refractivity contribution in [2.45, 2.75) is 18.6 Å². The molecule has 1 heterocycles. The summed E-state index contributed by atoms with van der Waals surface area (Å²) in [6, 6.07) is 7.00. The predicted octanol–water partition coefficient (Wildman–Crippen LogP) is 0.682. The first-order valence-electron chi connectivity index (χ1n) is 6.91. The molecule has 1 N–H and O–H groups in total. The number of hydrogen-bond acceptors (Lipinski definition) is 6. The first-order chi connectivity index (χ1) is 10.2. The monoisotopic (exact) mass is 295 g/mol. The fraction of sp³-hybridized carbons (Fsp3) is 0.533. The number of benzene rings is 1. The molecule has 1 fully saturated rings. The number of methoxy groups -OCH3 is 2. The fourth-order valence-electron chi connectivity index (χ4n) is 2.52. The number of nitrogens with zero attached hydrogens (tertiary/aromatic N) is 1. The van der Waals surface area contributed by atoms with E-state index in [0.717, 1.165) is 0 Å². The number of rotatable bonds is 6. The van der Waals surface area contributed by atoms with Gasteiger partial charge >= 0.3 is 5.97 Å². The van der Waals surface area contributed by atoms with Gasteiger partial charge in [-0.25, -0.2) is 0 Å². The van der Waals surface area contributed by atoms with Gasteiger partial charge in [-0.15, -0.1) is 0 Å². The zero-order valence-electron chi connectivity index (χ0n) is 12.3. The molecular formula is C15H21NO5. The van der Waals surface area contributed by atoms with E-state index in [9.17, 15) is 9.90 Å². The van der Waals surface area contributed by atoms with Crippen molar-refractivity contribution in [1.29, 1.82) is 0 Å². The number of carbonyl (C=O) groups excluding carboxylic acids is 1. The number of aliphatic hydroxyl groups excluding tert-OH is 1. The molecule has 0 aromatic heterocycles. The van der Waals surface area contributed by atoms with Gasteiger partial charge in [-0.3, -0.25) is 9.69 Å². The van der Waals surface area contributed by atoms with Crippen molar-refractivity contribution in [3.8, 4) is 11.5 Å². The molecule has 21 heavy (non-hydrogen) atoms. The van der Waals surface area contributed by atoms with E-state index in [4.69, 9.17) is 14.2 Å². The van der Waals surface area contributed by atoms with Crippen molar-refractivity contribution in [1.82, 2.24) is 4.90 Å². The maximum Gasteiger partial charge on any atom is 0.323 e. The largest absolute Gasteiger partial charge is 0.493 e. The smallest absolute Gasteiger partial charge is 0.323 e. The first kappa shape index (κ1) is 15.6. The van der Waals surface area contributed by atoms with Gasteiger partial charge in [0, 0.05) is 19.5 Å². The van der Waals surface area contributed by atoms with Crippen LogP contribution in [0.1, 0.15) is 6.42 Å². The molecule has 2 atom stereocenters. The molecule has 0 radical (unpaired) electrons. The van der Waals surface area contributed by atoms with Gasteiger partial charge in [0.2, 0.25) is 0 Å². The Morgan fingerprint density at radius 2 is 2.05 bits per heavy atom. The van der Waals surface area contributed by atoms with Gasteiger partial charge in [-0.1, -0.05) is 12.1 Å². The second-order valence-corrected chi connectivity index (χ2v) is 4.92. The molecule has 0 spiro atoms. The molecule has 0 aliphatic carbocycles. The highest BCUT2D eigenvalue weighted by atomic mass is 16.5. The summed E-state index contributed by atoms with van der Waals surface area (Å²) >= 11 is 0. The van der Waals surface area contributed by atoms with Gasteiger partial charge in [0.15, 0.2) is 11.5 Å². The number of esters is 1. The molecule has 0 saturated carbocycles. The van der Waals surface area contributed by atoms with E-state index in [-0.39, 0.29) is 5.97 Å². The van der Waals surface area contributed by atoms with Gasteiger partial charge in [0.25, 0.3) is 0 Å². The van der Waals surface area contributed by atoms with Crippen molar-refractivity contribution in [3.63, 3.8) is 0 Å². The van der Waals surface area contributed by atoms with Crippen LogP contribution in [0.2, 0.25) is 0 Å². The molecule has 1 aliphatic heterocycles. The zero-order valence-corrected chi connectivity index (χ0v) is 12.3. The Hall–Kier alpha value is -1.79. The number of carbonyl (C=O) groups is 1. The number of likely N-dealkylation sites (tertiary alicyclic amines) is 1. The summed E-state index contributed by atoms with van der Waals surface area (Å²) in [5.74, 6) is 1.02. The highest BCUT2D eigenvalue weighted by molar-refractivity contribution is 5.76. The van der Waals surface area contributed by atoms with E-state index in [1.807, 2.05) is 29.2 Å². The van der Waals surface area contributed by atoms with Crippen LogP contribution in [0.15, 0.2) is 24.3 Å². The van der Waals surface area contributed by atoms with Crippen molar-refractivity contribution in [3.05, 3.63) is 24.3 Å². The second-order valence-electron chi connectivity index (χ2n) is 4.92. The first-order valence-corrected chi connectivity index (χ1v) is 6.91. The molecule has 2 unspecified atom stereocenters. The normalized spacial score (nSPS) is 22.0. The number of para-hydroxylation sites is 2. The van der Waals surface area contributed by atoms with Crippen molar-refractivity contribution >= 4 is 5.97 Å². The molecule has 0 bridgehead atoms. The number of ether oxygens (including phenoxy) is 3. The van der Waals surface area contributed by atoms with E-state index in [0.29, 0.717) is 37.6 Å². The molecule has 2 rings (SSSR count). The van der Waals surface area contributed by atoms with Gasteiger partial charge in [-0.05, 0) is 12.1 Å². The second kappa shape index (κ2) is 7.28. The summed E-state index contributed by atoms with van der Waals surface area (Å²) in [7, 11) is 2.95. The van der Waals surface area contributed by atoms with E-state index >= 15 is 0 Å². The van der Waals surface area contributed by atoms with Gasteiger partial charge in [-0.2, -0.15) is 0 Å². The topological polar surface area (TPSA) is 68.2 Å². The number of aliphatic hydroxyl groups is 1. The predicted molar refractivity (Wildman–Crippen MR) is 76.5 cm³/mol. The Morgan fingerprint density at radius 3 is 2.71 bits per heavy atom. The minimum atomic E-state index is -0.500. The molecule has 1 saturated heterocycles. The molecule has 6 nitrogen and oxygen atoms in total. The Kier molecular flexibility index (Phi) is 5.41. The number of hydrogen-bond donors (Lipinski definition) is 1. The Labute approximate surface area is 124 Å². The molecule has 116 valence electrons. The summed E-state index contributed by atoms with van der Waals surface area (Å²) in [4.78, 5) is 13.5. The van der Waals surface area contributed by atoms with Crippen LogP contribution in [-0.2, 0) is 9.53 Å². The third-order valence-electron chi connectivity index (χ3n) is 3.56. The average Bonchev–Trinajstić information content (AvgIpc) is 2.88. The molecule has 1 aromatic carbocycles. The lowest BCUT2D eigenvalue weighted by molar-refractivity contribution is -0.146. The van der Waals surface area contributed by atoms with Gasteiger partial charge in [0.05, 0.1) is 20.3 Å². The van der Waals surface area contributed by atoms with Crippen LogP contribution in [0.5, 0.6) is 11.5 Å². The maximum absolute atomic E-state index is 11.7. The Balaban J connectivity index is 1.88. The van der Waals surface area contributed by atoms with Gasteiger partial charge in [0.1, 0.15) is 12.6 Å². The highest BCUT2D eigenvalue weighted by Gasteiger charge is 2.36. The molecule has 1 aromatic rings. The summed E-state index contributed by atoms with van der Waals surface area (Å²) in [6.45, 7) is 1.39. The average molecular weight is 295 g/mol. The highest BCUT2D eigenvalue weighted by Crippen LogP contribution is 2.26. The number of β-amino-alcohol motifs (C(OH)–C–C–N with tert-alkyl or cyclic N) is 1. The van der Waals surface area contributed by atoms with Crippen LogP contribution < -0.4 is 9.47 Å². The zero-order chi connectivity index (χ0) is 15.2. The van der Waals surface area contributed by atoms with Gasteiger partial charge < -0.3 is 19.3 Å². The summed E-state index contributed by atoms with van der Waals surface area (Å²) in [5.41, 5.74) is 0. The molecular weight excluding hydrogens is 274 g/mol. The molecule has 1 aliphatic rings. The van der Waals surface area contributed by atoms with E-state index < -0.39 is 12.1 Å². The minimum absolute atomic E-state index is 0.316. The maximum atomic E-state index is 11.7. The third kappa shape index (κ3) is 3.86. The Morgan fingerprint density at radius 1 is 1.33 bits per heavy atom. The van der Waals surface area contributed by atoms with Crippen LogP contribution in [-0.4, -0.2) is 62.0 Å². The van der Waals surface area contributed by atoms with Crippen LogP contribution in [0.3, 0.4) is 0 Å². The molecule has 0 amide bonds. The van der Waals surface area contributed by atoms with E-state index in [2.05, 4.69) is 0 Å². The van der Waals surface area contributed by atoms with E-state index in [1.165, 1.54) is 7.11 Å². The minimum Gasteiger partial charge on any atom is -0.493 e. The lowest BCUT2D eigenvalue weighted by Crippen LogP contribution is -2.39. The summed E-state index contributed by atoms with van der Waals surface area (Å²) in [5, 5.41) is 9.70. The lowest BCUT2D eigenvalue weighted by atomic mass is 10.2. The molecule has 6 heteroatoms. The van der Waals surface area contributed by atoms with Crippen LogP contribution in [0, 0.1) is 0 Å². The fourth-order valence-corrected chi connectivity index (χ4v) is 2.52. The Bertz CT molecular complexity index is 479. The van der Waals surface area contributed by atoms with Crippen LogP contribution >= 0.6 is 0 Å². The third-order valence-corrected chi connectivity index (χ3v) is 3.56. The summed E-state index contributed by atoms with van der Waals surface area (Å²) < 4.78 is 15.7. The van der Waals surface area contributed by atoms with E-state index in [1.54, 1.807) is 7.11 Å². The van der Waals surface area contributed by atoms with Crippen LogP contribution in [0.4, 0.5) is 0 Å². The quantitative estimate of drug-likeness (QED) is 0.779. The lowest BCUT2D eigenvalue weighted by Gasteiger charge is -2.22. The van der Waals surface area contributed by atoms with Crippen molar-refractivity contribution < 1.29 is 24.1 Å². The van der Waals surface area contributed by atoms with Crippen LogP contribution in [0.25, 0.3) is 0 Å².